The van der Waals surface area contributed by atoms with Gasteiger partial charge in [0.25, 0.3) is 0 Å². The number of thiazole rings is 1. The maximum Gasteiger partial charge on any atom is 0.320 e. The van der Waals surface area contributed by atoms with E-state index in [0.29, 0.717) is 18.9 Å². The number of carboxylic acid groups (broad SMARTS) is 1. The Hall–Kier alpha value is -0.940. The minimum atomic E-state index is -0.793. The van der Waals surface area contributed by atoms with Gasteiger partial charge in [0.05, 0.1) is 11.2 Å². The highest BCUT2D eigenvalue weighted by Gasteiger charge is 2.17. The molecule has 0 radical (unpaired) electrons. The Balaban J connectivity index is 2.41. The molecule has 84 valence electrons. The van der Waals surface area contributed by atoms with Gasteiger partial charge in [-0.25, -0.2) is 4.98 Å². The van der Waals surface area contributed by atoms with Crippen LogP contribution in [0.5, 0.6) is 0 Å². The first-order chi connectivity index (χ1) is 7.09. The van der Waals surface area contributed by atoms with Gasteiger partial charge in [-0.15, -0.1) is 11.3 Å². The van der Waals surface area contributed by atoms with Crippen LogP contribution in [-0.2, 0) is 11.3 Å². The molecule has 0 saturated heterocycles. The van der Waals surface area contributed by atoms with Crippen molar-refractivity contribution in [1.29, 1.82) is 0 Å². The predicted molar refractivity (Wildman–Crippen MR) is 59.8 cm³/mol. The van der Waals surface area contributed by atoms with Gasteiger partial charge in [0.1, 0.15) is 6.04 Å². The van der Waals surface area contributed by atoms with Crippen LogP contribution in [0, 0.1) is 5.92 Å². The molecule has 1 atom stereocenters. The zero-order chi connectivity index (χ0) is 11.3. The van der Waals surface area contributed by atoms with E-state index in [1.54, 1.807) is 5.51 Å². The number of hydrogen-bond donors (Lipinski definition) is 2. The smallest absolute Gasteiger partial charge is 0.320 e. The van der Waals surface area contributed by atoms with E-state index < -0.39 is 12.0 Å². The van der Waals surface area contributed by atoms with Crippen LogP contribution in [0.15, 0.2) is 10.9 Å². The number of aromatic nitrogens is 1. The Morgan fingerprint density at radius 2 is 2.40 bits per heavy atom. The lowest BCUT2D eigenvalue weighted by Crippen LogP contribution is -2.37. The predicted octanol–water partition coefficient (Wildman–Crippen LogP) is 1.73. The summed E-state index contributed by atoms with van der Waals surface area (Å²) in [4.78, 5) is 15.0. The molecule has 2 N–H and O–H groups in total. The lowest BCUT2D eigenvalue weighted by molar-refractivity contribution is -0.140. The number of carboxylic acids is 1. The van der Waals surface area contributed by atoms with Crippen molar-refractivity contribution < 1.29 is 9.90 Å². The molecule has 1 aromatic heterocycles. The summed E-state index contributed by atoms with van der Waals surface area (Å²) in [6.07, 6.45) is 0.638. The van der Waals surface area contributed by atoms with E-state index in [0.717, 1.165) is 5.69 Å². The molecule has 5 heteroatoms. The van der Waals surface area contributed by atoms with Gasteiger partial charge < -0.3 is 5.11 Å². The molecule has 0 saturated carbocycles. The van der Waals surface area contributed by atoms with Crippen molar-refractivity contribution in [3.63, 3.8) is 0 Å². The van der Waals surface area contributed by atoms with Gasteiger partial charge in [-0.2, -0.15) is 0 Å². The van der Waals surface area contributed by atoms with Crippen LogP contribution in [-0.4, -0.2) is 22.1 Å². The number of nitrogens with zero attached hydrogens (tertiary/aromatic N) is 1. The normalized spacial score (nSPS) is 13.0. The molecule has 0 amide bonds. The van der Waals surface area contributed by atoms with Gasteiger partial charge in [-0.3, -0.25) is 10.1 Å². The Morgan fingerprint density at radius 1 is 1.67 bits per heavy atom. The molecule has 4 nitrogen and oxygen atoms in total. The fraction of sp³-hybridized carbons (Fsp3) is 0.600. The van der Waals surface area contributed by atoms with Crippen molar-refractivity contribution in [3.8, 4) is 0 Å². The number of aliphatic carboxylic acids is 1. The van der Waals surface area contributed by atoms with Crippen molar-refractivity contribution in [3.05, 3.63) is 16.6 Å². The van der Waals surface area contributed by atoms with Gasteiger partial charge in [0, 0.05) is 11.9 Å². The summed E-state index contributed by atoms with van der Waals surface area (Å²) in [5.41, 5.74) is 2.64. The van der Waals surface area contributed by atoms with Gasteiger partial charge in [0.15, 0.2) is 0 Å². The maximum atomic E-state index is 10.9. The fourth-order valence-electron chi connectivity index (χ4n) is 1.30. The molecule has 0 aromatic carbocycles. The highest BCUT2D eigenvalue weighted by Crippen LogP contribution is 2.06. The van der Waals surface area contributed by atoms with E-state index in [9.17, 15) is 4.79 Å². The molecule has 15 heavy (non-hydrogen) atoms. The van der Waals surface area contributed by atoms with Crippen molar-refractivity contribution in [2.75, 3.05) is 0 Å². The first-order valence-electron chi connectivity index (χ1n) is 4.93. The molecule has 1 rings (SSSR count). The topological polar surface area (TPSA) is 62.2 Å². The number of carbonyl (C=O) groups is 1. The molecule has 1 unspecified atom stereocenters. The quantitative estimate of drug-likeness (QED) is 0.778. The molecular formula is C10H16N2O2S. The molecule has 0 aliphatic rings. The summed E-state index contributed by atoms with van der Waals surface area (Å²) in [6.45, 7) is 4.55. The van der Waals surface area contributed by atoms with Crippen LogP contribution in [0.1, 0.15) is 26.0 Å². The van der Waals surface area contributed by atoms with E-state index in [4.69, 9.17) is 5.11 Å². The van der Waals surface area contributed by atoms with E-state index >= 15 is 0 Å². The van der Waals surface area contributed by atoms with Gasteiger partial charge in [-0.05, 0) is 12.3 Å². The lowest BCUT2D eigenvalue weighted by atomic mass is 10.0. The minimum absolute atomic E-state index is 0.369. The van der Waals surface area contributed by atoms with Crippen molar-refractivity contribution in [2.45, 2.75) is 32.9 Å². The minimum Gasteiger partial charge on any atom is -0.480 e. The van der Waals surface area contributed by atoms with Crippen LogP contribution in [0.4, 0.5) is 0 Å². The number of rotatable bonds is 6. The summed E-state index contributed by atoms with van der Waals surface area (Å²) in [7, 11) is 0. The molecule has 0 fully saturated rings. The first-order valence-corrected chi connectivity index (χ1v) is 5.87. The van der Waals surface area contributed by atoms with Crippen LogP contribution < -0.4 is 5.32 Å². The second kappa shape index (κ2) is 5.82. The van der Waals surface area contributed by atoms with Gasteiger partial charge >= 0.3 is 5.97 Å². The highest BCUT2D eigenvalue weighted by atomic mass is 32.1. The fourth-order valence-corrected chi connectivity index (χ4v) is 1.85. The molecule has 0 bridgehead atoms. The zero-order valence-corrected chi connectivity index (χ0v) is 9.75. The second-order valence-corrected chi connectivity index (χ2v) is 4.60. The van der Waals surface area contributed by atoms with Crippen LogP contribution in [0.3, 0.4) is 0 Å². The molecule has 1 heterocycles. The highest BCUT2D eigenvalue weighted by molar-refractivity contribution is 7.07. The van der Waals surface area contributed by atoms with Crippen LogP contribution in [0.2, 0.25) is 0 Å². The number of nitrogens with one attached hydrogen (secondary N) is 1. The third-order valence-corrected chi connectivity index (χ3v) is 2.65. The third-order valence-electron chi connectivity index (χ3n) is 2.02. The van der Waals surface area contributed by atoms with Crippen LogP contribution >= 0.6 is 11.3 Å². The van der Waals surface area contributed by atoms with Crippen molar-refractivity contribution in [2.24, 2.45) is 5.92 Å². The monoisotopic (exact) mass is 228 g/mol. The van der Waals surface area contributed by atoms with E-state index in [2.05, 4.69) is 10.3 Å². The maximum absolute atomic E-state index is 10.9. The first kappa shape index (κ1) is 12.1. The largest absolute Gasteiger partial charge is 0.480 e. The molecule has 0 aliphatic heterocycles. The standard InChI is InChI=1S/C10H16N2O2S/c1-7(2)3-9(10(13)14)11-4-8-5-15-6-12-8/h5-7,9,11H,3-4H2,1-2H3,(H,13,14). The summed E-state index contributed by atoms with van der Waals surface area (Å²) < 4.78 is 0. The molecule has 1 aromatic rings. The molecule has 0 aliphatic carbocycles. The van der Waals surface area contributed by atoms with E-state index in [1.165, 1.54) is 11.3 Å². The summed E-state index contributed by atoms with van der Waals surface area (Å²) in [5, 5.41) is 13.9. The van der Waals surface area contributed by atoms with Crippen LogP contribution in [0.25, 0.3) is 0 Å². The Labute approximate surface area is 93.4 Å². The zero-order valence-electron chi connectivity index (χ0n) is 8.93. The SMILES string of the molecule is CC(C)CC(NCc1cscn1)C(=O)O. The van der Waals surface area contributed by atoms with Gasteiger partial charge in [-0.1, -0.05) is 13.8 Å². The Kier molecular flexibility index (Phi) is 4.71. The molecular weight excluding hydrogens is 212 g/mol. The van der Waals surface area contributed by atoms with E-state index in [-0.39, 0.29) is 0 Å². The summed E-state index contributed by atoms with van der Waals surface area (Å²) in [5.74, 6) is -0.423. The number of hydrogen-bond acceptors (Lipinski definition) is 4. The van der Waals surface area contributed by atoms with Gasteiger partial charge in [0.2, 0.25) is 0 Å². The average molecular weight is 228 g/mol. The Morgan fingerprint density at radius 3 is 2.87 bits per heavy atom. The van der Waals surface area contributed by atoms with Crippen molar-refractivity contribution >= 4 is 17.3 Å². The Bertz CT molecular complexity index is 298. The summed E-state index contributed by atoms with van der Waals surface area (Å²) in [6, 6.07) is -0.480. The van der Waals surface area contributed by atoms with E-state index in [1.807, 2.05) is 19.2 Å². The summed E-state index contributed by atoms with van der Waals surface area (Å²) >= 11 is 1.52. The lowest BCUT2D eigenvalue weighted by Gasteiger charge is -2.15. The molecule has 0 spiro atoms. The second-order valence-electron chi connectivity index (χ2n) is 3.88. The third kappa shape index (κ3) is 4.40. The average Bonchev–Trinajstić information content (AvgIpc) is 2.63. The van der Waals surface area contributed by atoms with Crippen molar-refractivity contribution in [1.82, 2.24) is 10.3 Å².